The van der Waals surface area contributed by atoms with Crippen LogP contribution in [0.2, 0.25) is 0 Å². The van der Waals surface area contributed by atoms with Gasteiger partial charge >= 0.3 is 0 Å². The van der Waals surface area contributed by atoms with Gasteiger partial charge in [-0.3, -0.25) is 0 Å². The smallest absolute Gasteiger partial charge is 0.238 e. The number of tetrazole rings is 1. The van der Waals surface area contributed by atoms with Crippen molar-refractivity contribution in [1.29, 1.82) is 0 Å². The summed E-state index contributed by atoms with van der Waals surface area (Å²) in [7, 11) is 1.97. The molecule has 2 aromatic heterocycles. The van der Waals surface area contributed by atoms with E-state index in [1.165, 1.54) is 0 Å². The number of nitrogens with zero attached hydrogens (tertiary/aromatic N) is 5. The van der Waals surface area contributed by atoms with Crippen LogP contribution in [0.4, 0.5) is 0 Å². The van der Waals surface area contributed by atoms with E-state index in [0.29, 0.717) is 4.77 Å². The number of aromatic amines is 1. The lowest BCUT2D eigenvalue weighted by molar-refractivity contribution is 0.564. The van der Waals surface area contributed by atoms with Crippen molar-refractivity contribution in [2.75, 3.05) is 0 Å². The Balaban J connectivity index is 2.05. The summed E-state index contributed by atoms with van der Waals surface area (Å²) in [6.07, 6.45) is 4.50. The Bertz CT molecular complexity index is 466. The molecule has 0 aromatic carbocycles. The zero-order chi connectivity index (χ0) is 9.97. The molecular formula is C7H10N6S. The molecule has 0 atom stereocenters. The zero-order valence-electron chi connectivity index (χ0n) is 7.71. The van der Waals surface area contributed by atoms with E-state index in [-0.39, 0.29) is 0 Å². The van der Waals surface area contributed by atoms with E-state index in [4.69, 9.17) is 12.2 Å². The monoisotopic (exact) mass is 210 g/mol. The molecule has 2 heterocycles. The van der Waals surface area contributed by atoms with Crippen molar-refractivity contribution < 1.29 is 0 Å². The van der Waals surface area contributed by atoms with E-state index in [9.17, 15) is 0 Å². The molecule has 0 spiro atoms. The number of rotatable bonds is 3. The van der Waals surface area contributed by atoms with Gasteiger partial charge in [-0.15, -0.1) is 0 Å². The lowest BCUT2D eigenvalue weighted by Crippen LogP contribution is -2.07. The lowest BCUT2D eigenvalue weighted by Gasteiger charge is -2.01. The molecule has 7 heteroatoms. The summed E-state index contributed by atoms with van der Waals surface area (Å²) < 4.78 is 4.16. The van der Waals surface area contributed by atoms with Crippen LogP contribution in [0.1, 0.15) is 5.82 Å². The summed E-state index contributed by atoms with van der Waals surface area (Å²) in [6.45, 7) is 0.719. The van der Waals surface area contributed by atoms with E-state index >= 15 is 0 Å². The van der Waals surface area contributed by atoms with Gasteiger partial charge in [0.25, 0.3) is 0 Å². The minimum Gasteiger partial charge on any atom is -0.338 e. The Labute approximate surface area is 85.6 Å². The number of hydrogen-bond acceptors (Lipinski definition) is 4. The van der Waals surface area contributed by atoms with Gasteiger partial charge in [-0.2, -0.15) is 5.21 Å². The van der Waals surface area contributed by atoms with Crippen molar-refractivity contribution in [3.05, 3.63) is 23.0 Å². The van der Waals surface area contributed by atoms with Crippen molar-refractivity contribution in [2.24, 2.45) is 7.05 Å². The van der Waals surface area contributed by atoms with Crippen LogP contribution in [0.3, 0.4) is 0 Å². The molecule has 1 N–H and O–H groups in total. The highest BCUT2D eigenvalue weighted by Gasteiger charge is 2.00. The van der Waals surface area contributed by atoms with Gasteiger partial charge in [0.15, 0.2) is 0 Å². The molecule has 0 unspecified atom stereocenters. The fraction of sp³-hybridized carbons (Fsp3) is 0.429. The molecule has 0 saturated carbocycles. The highest BCUT2D eigenvalue weighted by atomic mass is 32.1. The Morgan fingerprint density at radius 2 is 2.43 bits per heavy atom. The molecule has 0 radical (unpaired) electrons. The summed E-state index contributed by atoms with van der Waals surface area (Å²) in [6, 6.07) is 0. The number of H-pyrrole nitrogens is 1. The molecule has 0 aliphatic rings. The maximum absolute atomic E-state index is 4.94. The van der Waals surface area contributed by atoms with Crippen molar-refractivity contribution in [3.63, 3.8) is 0 Å². The van der Waals surface area contributed by atoms with Gasteiger partial charge in [0.2, 0.25) is 4.77 Å². The molecule has 0 saturated heterocycles. The van der Waals surface area contributed by atoms with Gasteiger partial charge in [0, 0.05) is 25.9 Å². The van der Waals surface area contributed by atoms with E-state index < -0.39 is 0 Å². The van der Waals surface area contributed by atoms with Crippen LogP contribution in [0.5, 0.6) is 0 Å². The van der Waals surface area contributed by atoms with E-state index in [1.54, 1.807) is 10.9 Å². The zero-order valence-corrected chi connectivity index (χ0v) is 8.53. The van der Waals surface area contributed by atoms with Crippen molar-refractivity contribution >= 4 is 12.2 Å². The van der Waals surface area contributed by atoms with Gasteiger partial charge in [0.1, 0.15) is 5.82 Å². The van der Waals surface area contributed by atoms with Gasteiger partial charge in [-0.1, -0.05) is 10.3 Å². The molecule has 0 aliphatic carbocycles. The molecule has 2 rings (SSSR count). The summed E-state index contributed by atoms with van der Waals surface area (Å²) in [5.41, 5.74) is 0. The van der Waals surface area contributed by atoms with Gasteiger partial charge in [0.05, 0.1) is 6.54 Å². The number of nitrogens with one attached hydrogen (secondary N) is 1. The third kappa shape index (κ3) is 1.72. The largest absolute Gasteiger partial charge is 0.338 e. The van der Waals surface area contributed by atoms with E-state index in [1.807, 2.05) is 17.8 Å². The van der Waals surface area contributed by atoms with Crippen LogP contribution in [0, 0.1) is 4.77 Å². The van der Waals surface area contributed by atoms with E-state index in [0.717, 1.165) is 18.8 Å². The van der Waals surface area contributed by atoms with E-state index in [2.05, 4.69) is 20.5 Å². The molecule has 6 nitrogen and oxygen atoms in total. The van der Waals surface area contributed by atoms with Crippen molar-refractivity contribution in [1.82, 2.24) is 29.8 Å². The number of imidazole rings is 1. The Morgan fingerprint density at radius 1 is 1.57 bits per heavy atom. The quantitative estimate of drug-likeness (QED) is 0.741. The Kier molecular flexibility index (Phi) is 2.40. The van der Waals surface area contributed by atoms with Crippen LogP contribution in [-0.2, 0) is 20.0 Å². The number of aromatic nitrogens is 6. The van der Waals surface area contributed by atoms with Gasteiger partial charge in [-0.25, -0.2) is 9.67 Å². The first-order valence-corrected chi connectivity index (χ1v) is 4.62. The van der Waals surface area contributed by atoms with Crippen molar-refractivity contribution in [2.45, 2.75) is 13.0 Å². The average Bonchev–Trinajstić information content (AvgIpc) is 2.72. The fourth-order valence-electron chi connectivity index (χ4n) is 1.21. The SMILES string of the molecule is Cn1ccnc1CCn1[nH]nnc1=S. The maximum Gasteiger partial charge on any atom is 0.238 e. The van der Waals surface area contributed by atoms with Crippen LogP contribution >= 0.6 is 12.2 Å². The molecular weight excluding hydrogens is 200 g/mol. The molecule has 0 aliphatic heterocycles. The van der Waals surface area contributed by atoms with Crippen LogP contribution in [0.15, 0.2) is 12.4 Å². The summed E-state index contributed by atoms with van der Waals surface area (Å²) in [5, 5.41) is 9.99. The fourth-order valence-corrected chi connectivity index (χ4v) is 1.38. The summed E-state index contributed by atoms with van der Waals surface area (Å²) >= 11 is 4.94. The second-order valence-corrected chi connectivity index (χ2v) is 3.30. The summed E-state index contributed by atoms with van der Waals surface area (Å²) in [5.74, 6) is 1.02. The van der Waals surface area contributed by atoms with Gasteiger partial charge < -0.3 is 4.57 Å². The topological polar surface area (TPSA) is 64.3 Å². The van der Waals surface area contributed by atoms with Crippen LogP contribution in [-0.4, -0.2) is 29.8 Å². The lowest BCUT2D eigenvalue weighted by atomic mass is 10.4. The number of aryl methyl sites for hydroxylation is 3. The molecule has 14 heavy (non-hydrogen) atoms. The predicted octanol–water partition coefficient (Wildman–Crippen LogP) is 0.312. The second-order valence-electron chi connectivity index (χ2n) is 2.94. The number of hydrogen-bond donors (Lipinski definition) is 1. The second kappa shape index (κ2) is 3.70. The third-order valence-corrected chi connectivity index (χ3v) is 2.31. The highest BCUT2D eigenvalue weighted by molar-refractivity contribution is 7.71. The average molecular weight is 210 g/mol. The maximum atomic E-state index is 4.94. The first-order chi connectivity index (χ1) is 6.77. The van der Waals surface area contributed by atoms with Crippen LogP contribution in [0.25, 0.3) is 0 Å². The standard InChI is InChI=1S/C7H10N6S/c1-12-5-3-8-6(12)2-4-13-7(14)9-10-11-13/h3,5H,2,4H2,1H3,(H,9,11,14). The van der Waals surface area contributed by atoms with Crippen molar-refractivity contribution in [3.8, 4) is 0 Å². The Hall–Kier alpha value is -1.50. The predicted molar refractivity (Wildman–Crippen MR) is 52.1 cm³/mol. The summed E-state index contributed by atoms with van der Waals surface area (Å²) in [4.78, 5) is 4.21. The highest BCUT2D eigenvalue weighted by Crippen LogP contribution is 1.97. The first kappa shape index (κ1) is 9.07. The minimum absolute atomic E-state index is 0.471. The molecule has 74 valence electrons. The molecule has 0 bridgehead atoms. The van der Waals surface area contributed by atoms with Gasteiger partial charge in [-0.05, 0) is 12.2 Å². The minimum atomic E-state index is 0.471. The van der Waals surface area contributed by atoms with Crippen LogP contribution < -0.4 is 0 Å². The third-order valence-electron chi connectivity index (χ3n) is 2.01. The molecule has 0 fully saturated rings. The Morgan fingerprint density at radius 3 is 3.00 bits per heavy atom. The molecule has 0 amide bonds. The first-order valence-electron chi connectivity index (χ1n) is 4.21. The molecule has 2 aromatic rings. The normalized spacial score (nSPS) is 10.6.